The summed E-state index contributed by atoms with van der Waals surface area (Å²) in [6, 6.07) is -2.64. The van der Waals surface area contributed by atoms with Gasteiger partial charge in [0.15, 0.2) is 0 Å². The molecular weight excluding hydrogens is 328 g/mol. The van der Waals surface area contributed by atoms with Crippen LogP contribution in [0.5, 0.6) is 0 Å². The molecule has 9 heteroatoms. The number of carbonyl (C=O) groups is 4. The number of urea groups is 1. The van der Waals surface area contributed by atoms with E-state index < -0.39 is 30.0 Å². The van der Waals surface area contributed by atoms with Crippen LogP contribution in [-0.4, -0.2) is 47.5 Å². The molecule has 0 spiro atoms. The third-order valence-electron chi connectivity index (χ3n) is 3.42. The maximum atomic E-state index is 12.4. The summed E-state index contributed by atoms with van der Waals surface area (Å²) in [7, 11) is 0. The Hall–Kier alpha value is -2.58. The van der Waals surface area contributed by atoms with Gasteiger partial charge in [-0.25, -0.2) is 9.59 Å². The first-order valence-corrected chi connectivity index (χ1v) is 8.15. The van der Waals surface area contributed by atoms with Crippen molar-refractivity contribution < 1.29 is 24.3 Å². The molecule has 0 aromatic carbocycles. The van der Waals surface area contributed by atoms with E-state index in [1.54, 1.807) is 19.9 Å². The summed E-state index contributed by atoms with van der Waals surface area (Å²) in [6.45, 7) is 7.25. The number of carboxylic acid groups (broad SMARTS) is 1. The van der Waals surface area contributed by atoms with Crippen molar-refractivity contribution >= 4 is 23.8 Å². The molecular formula is C16H28N4O5. The number of aliphatic carboxylic acids is 1. The summed E-state index contributed by atoms with van der Waals surface area (Å²) in [6.07, 6.45) is 2.75. The smallest absolute Gasteiger partial charge is 0.326 e. The van der Waals surface area contributed by atoms with Gasteiger partial charge in [-0.05, 0) is 25.2 Å². The van der Waals surface area contributed by atoms with E-state index in [2.05, 4.69) is 22.5 Å². The van der Waals surface area contributed by atoms with Crippen LogP contribution in [0.4, 0.5) is 4.79 Å². The second kappa shape index (κ2) is 11.9. The summed E-state index contributed by atoms with van der Waals surface area (Å²) in [5.74, 6) is -2.25. The number of nitrogens with two attached hydrogens (primary N) is 1. The zero-order chi connectivity index (χ0) is 19.4. The lowest BCUT2D eigenvalue weighted by atomic mass is 10.0. The van der Waals surface area contributed by atoms with Crippen molar-refractivity contribution in [2.45, 2.75) is 51.6 Å². The Kier molecular flexibility index (Phi) is 10.7. The maximum Gasteiger partial charge on any atom is 0.326 e. The van der Waals surface area contributed by atoms with Gasteiger partial charge < -0.3 is 26.8 Å². The molecule has 0 unspecified atom stereocenters. The van der Waals surface area contributed by atoms with E-state index in [9.17, 15) is 24.3 Å². The number of amides is 4. The number of rotatable bonds is 12. The van der Waals surface area contributed by atoms with E-state index in [4.69, 9.17) is 5.73 Å². The Morgan fingerprint density at radius 2 is 1.84 bits per heavy atom. The lowest BCUT2D eigenvalue weighted by molar-refractivity contribution is -0.142. The van der Waals surface area contributed by atoms with Crippen LogP contribution in [0.3, 0.4) is 0 Å². The van der Waals surface area contributed by atoms with Gasteiger partial charge in [-0.2, -0.15) is 0 Å². The highest BCUT2D eigenvalue weighted by Gasteiger charge is 2.28. The molecule has 25 heavy (non-hydrogen) atoms. The number of nitrogens with one attached hydrogen (secondary N) is 3. The summed E-state index contributed by atoms with van der Waals surface area (Å²) < 4.78 is 0. The monoisotopic (exact) mass is 356 g/mol. The predicted molar refractivity (Wildman–Crippen MR) is 92.6 cm³/mol. The van der Waals surface area contributed by atoms with Crippen molar-refractivity contribution in [3.05, 3.63) is 12.7 Å². The molecule has 0 aliphatic heterocycles. The van der Waals surface area contributed by atoms with Gasteiger partial charge in [-0.3, -0.25) is 9.59 Å². The molecule has 9 nitrogen and oxygen atoms in total. The van der Waals surface area contributed by atoms with Crippen LogP contribution in [0.15, 0.2) is 12.7 Å². The number of hydrogen-bond acceptors (Lipinski definition) is 4. The van der Waals surface area contributed by atoms with E-state index in [0.717, 1.165) is 0 Å². The standard InChI is InChI=1S/C16H28N4O5/c1-4-5-8-12(21)20-13(10(2)3)14(22)19-11(15(23)24)7-6-9-18-16(17)25/h4,10-11,13H,1,5-9H2,2-3H3,(H,19,22)(H,20,21)(H,23,24)(H3,17,18,25)/t11-,13-/m0/s1. The Balaban J connectivity index is 4.69. The van der Waals surface area contributed by atoms with Crippen LogP contribution >= 0.6 is 0 Å². The zero-order valence-electron chi connectivity index (χ0n) is 14.7. The summed E-state index contributed by atoms with van der Waals surface area (Å²) in [5.41, 5.74) is 4.92. The van der Waals surface area contributed by atoms with E-state index in [0.29, 0.717) is 12.8 Å². The Bertz CT molecular complexity index is 493. The number of carboxylic acids is 1. The fraction of sp³-hybridized carbons (Fsp3) is 0.625. The van der Waals surface area contributed by atoms with Crippen LogP contribution in [-0.2, 0) is 14.4 Å². The molecule has 0 fully saturated rings. The van der Waals surface area contributed by atoms with Crippen LogP contribution in [0.25, 0.3) is 0 Å². The van der Waals surface area contributed by atoms with E-state index >= 15 is 0 Å². The molecule has 0 aromatic heterocycles. The molecule has 2 atom stereocenters. The first-order valence-electron chi connectivity index (χ1n) is 8.15. The minimum Gasteiger partial charge on any atom is -0.480 e. The third-order valence-corrected chi connectivity index (χ3v) is 3.42. The Labute approximate surface area is 147 Å². The lowest BCUT2D eigenvalue weighted by Gasteiger charge is -2.24. The lowest BCUT2D eigenvalue weighted by Crippen LogP contribution is -2.53. The average molecular weight is 356 g/mol. The molecule has 142 valence electrons. The van der Waals surface area contributed by atoms with Gasteiger partial charge in [0.2, 0.25) is 11.8 Å². The van der Waals surface area contributed by atoms with Crippen LogP contribution in [0.2, 0.25) is 0 Å². The third kappa shape index (κ3) is 10.0. The summed E-state index contributed by atoms with van der Waals surface area (Å²) >= 11 is 0. The van der Waals surface area contributed by atoms with Gasteiger partial charge in [-0.15, -0.1) is 6.58 Å². The summed E-state index contributed by atoms with van der Waals surface area (Å²) in [5, 5.41) is 16.6. The molecule has 0 aromatic rings. The minimum absolute atomic E-state index is 0.122. The number of hydrogen-bond donors (Lipinski definition) is 5. The topological polar surface area (TPSA) is 151 Å². The predicted octanol–water partition coefficient (Wildman–Crippen LogP) is 0.111. The molecule has 0 radical (unpaired) electrons. The molecule has 4 amide bonds. The normalized spacial score (nSPS) is 12.8. The second-order valence-corrected chi connectivity index (χ2v) is 5.95. The van der Waals surface area contributed by atoms with Crippen molar-refractivity contribution in [2.75, 3.05) is 6.54 Å². The molecule has 0 aliphatic rings. The van der Waals surface area contributed by atoms with Crippen molar-refractivity contribution in [1.29, 1.82) is 0 Å². The van der Waals surface area contributed by atoms with Gasteiger partial charge in [0.05, 0.1) is 0 Å². The first kappa shape index (κ1) is 22.4. The van der Waals surface area contributed by atoms with Gasteiger partial charge >= 0.3 is 12.0 Å². The molecule has 0 bridgehead atoms. The van der Waals surface area contributed by atoms with E-state index in [1.165, 1.54) is 0 Å². The molecule has 0 saturated heterocycles. The van der Waals surface area contributed by atoms with Gasteiger partial charge in [0, 0.05) is 13.0 Å². The van der Waals surface area contributed by atoms with Crippen LogP contribution in [0.1, 0.15) is 39.5 Å². The van der Waals surface area contributed by atoms with E-state index in [-0.39, 0.29) is 31.2 Å². The minimum atomic E-state index is -1.19. The van der Waals surface area contributed by atoms with Crippen molar-refractivity contribution in [3.63, 3.8) is 0 Å². The Morgan fingerprint density at radius 1 is 1.20 bits per heavy atom. The molecule has 0 heterocycles. The highest BCUT2D eigenvalue weighted by molar-refractivity contribution is 5.90. The second-order valence-electron chi connectivity index (χ2n) is 5.95. The van der Waals surface area contributed by atoms with Gasteiger partial charge in [0.1, 0.15) is 12.1 Å². The first-order chi connectivity index (χ1) is 11.7. The Morgan fingerprint density at radius 3 is 2.32 bits per heavy atom. The number of allylic oxidation sites excluding steroid dienone is 1. The SMILES string of the molecule is C=CCCC(=O)N[C@H](C(=O)N[C@@H](CCCNC(N)=O)C(=O)O)C(C)C. The molecule has 0 aliphatic carbocycles. The van der Waals surface area contributed by atoms with Crippen molar-refractivity contribution in [2.24, 2.45) is 11.7 Å². The highest BCUT2D eigenvalue weighted by atomic mass is 16.4. The number of primary amides is 1. The fourth-order valence-electron chi connectivity index (χ4n) is 2.05. The number of carbonyl (C=O) groups excluding carboxylic acids is 3. The van der Waals surface area contributed by atoms with E-state index in [1.807, 2.05) is 0 Å². The largest absolute Gasteiger partial charge is 0.480 e. The summed E-state index contributed by atoms with van der Waals surface area (Å²) in [4.78, 5) is 46.0. The van der Waals surface area contributed by atoms with Gasteiger partial charge in [-0.1, -0.05) is 19.9 Å². The van der Waals surface area contributed by atoms with Crippen molar-refractivity contribution in [3.8, 4) is 0 Å². The molecule has 0 saturated carbocycles. The molecule has 6 N–H and O–H groups in total. The quantitative estimate of drug-likeness (QED) is 0.248. The maximum absolute atomic E-state index is 12.4. The average Bonchev–Trinajstić information content (AvgIpc) is 2.52. The highest BCUT2D eigenvalue weighted by Crippen LogP contribution is 2.05. The fourth-order valence-corrected chi connectivity index (χ4v) is 2.05. The van der Waals surface area contributed by atoms with Crippen LogP contribution < -0.4 is 21.7 Å². The van der Waals surface area contributed by atoms with Crippen molar-refractivity contribution in [1.82, 2.24) is 16.0 Å². The van der Waals surface area contributed by atoms with Crippen LogP contribution in [0, 0.1) is 5.92 Å². The molecule has 0 rings (SSSR count). The zero-order valence-corrected chi connectivity index (χ0v) is 14.7. The van der Waals surface area contributed by atoms with Gasteiger partial charge in [0.25, 0.3) is 0 Å².